The van der Waals surface area contributed by atoms with Crippen molar-refractivity contribution < 1.29 is 5.11 Å². The Morgan fingerprint density at radius 3 is 2.08 bits per heavy atom. The van der Waals surface area contributed by atoms with Gasteiger partial charge in [-0.3, -0.25) is 0 Å². The molecule has 0 aliphatic heterocycles. The molecule has 0 aromatic rings. The molecule has 0 fully saturated rings. The van der Waals surface area contributed by atoms with E-state index >= 15 is 0 Å². The van der Waals surface area contributed by atoms with Gasteiger partial charge in [0.25, 0.3) is 0 Å². The summed E-state index contributed by atoms with van der Waals surface area (Å²) in [5, 5.41) is 8.55. The molecule has 1 N–H and O–H groups in total. The van der Waals surface area contributed by atoms with E-state index in [0.29, 0.717) is 24.6 Å². The van der Waals surface area contributed by atoms with E-state index < -0.39 is 0 Å². The van der Waals surface area contributed by atoms with Crippen LogP contribution in [0, 0.1) is 5.92 Å². The van der Waals surface area contributed by atoms with E-state index in [9.17, 15) is 0 Å². The molecule has 0 spiro atoms. The monoisotopic (exact) mass is 266 g/mol. The summed E-state index contributed by atoms with van der Waals surface area (Å²) in [4.78, 5) is 0. The van der Waals surface area contributed by atoms with Crippen molar-refractivity contribution in [2.45, 2.75) is 23.6 Å². The normalized spacial score (nSPS) is 18.2. The van der Waals surface area contributed by atoms with Gasteiger partial charge in [-0.15, -0.1) is 46.4 Å². The molecule has 3 atom stereocenters. The van der Waals surface area contributed by atoms with E-state index in [-0.39, 0.29) is 23.3 Å². The molecule has 0 amide bonds. The van der Waals surface area contributed by atoms with Gasteiger partial charge in [0, 0.05) is 23.7 Å². The van der Waals surface area contributed by atoms with E-state index in [2.05, 4.69) is 0 Å². The van der Waals surface area contributed by atoms with Crippen LogP contribution in [0.2, 0.25) is 0 Å². The average molecular weight is 268 g/mol. The average Bonchev–Trinajstić information content (AvgIpc) is 2.15. The van der Waals surface area contributed by atoms with E-state index in [1.54, 1.807) is 0 Å². The second kappa shape index (κ2) is 8.43. The molecule has 0 aromatic carbocycles. The lowest BCUT2D eigenvalue weighted by Gasteiger charge is -2.21. The molecule has 80 valence electrons. The molecule has 0 aliphatic rings. The van der Waals surface area contributed by atoms with Gasteiger partial charge in [-0.2, -0.15) is 0 Å². The van der Waals surface area contributed by atoms with Crippen LogP contribution in [0.1, 0.15) is 12.8 Å². The van der Waals surface area contributed by atoms with Gasteiger partial charge >= 0.3 is 0 Å². The molecular weight excluding hydrogens is 254 g/mol. The molecule has 13 heavy (non-hydrogen) atoms. The molecule has 3 unspecified atom stereocenters. The van der Waals surface area contributed by atoms with Gasteiger partial charge in [0.1, 0.15) is 0 Å². The lowest BCUT2D eigenvalue weighted by molar-refractivity contribution is 0.251. The third-order valence-corrected chi connectivity index (χ3v) is 3.75. The summed E-state index contributed by atoms with van der Waals surface area (Å²) in [5.41, 5.74) is 0. The van der Waals surface area contributed by atoms with Crippen LogP contribution in [0.25, 0.3) is 0 Å². The Morgan fingerprint density at radius 1 is 1.08 bits per heavy atom. The SMILES string of the molecule is OCCC(CC(Cl)CCl)C(Cl)CCl. The van der Waals surface area contributed by atoms with Gasteiger partial charge in [0.05, 0.1) is 5.38 Å². The second-order valence-corrected chi connectivity index (χ2v) is 4.72. The Bertz CT molecular complexity index is 123. The first-order chi connectivity index (χ1) is 6.15. The van der Waals surface area contributed by atoms with Gasteiger partial charge in [0.15, 0.2) is 0 Å². The van der Waals surface area contributed by atoms with E-state index in [0.717, 1.165) is 0 Å². The Labute approximate surface area is 99.3 Å². The van der Waals surface area contributed by atoms with Crippen molar-refractivity contribution >= 4 is 46.4 Å². The van der Waals surface area contributed by atoms with Crippen LogP contribution in [0.4, 0.5) is 0 Å². The van der Waals surface area contributed by atoms with Gasteiger partial charge in [-0.1, -0.05) is 0 Å². The van der Waals surface area contributed by atoms with Crippen molar-refractivity contribution in [1.82, 2.24) is 0 Å². The van der Waals surface area contributed by atoms with Crippen LogP contribution in [-0.2, 0) is 0 Å². The third kappa shape index (κ3) is 6.24. The first kappa shape index (κ1) is 14.1. The Morgan fingerprint density at radius 2 is 1.69 bits per heavy atom. The molecular formula is C8H14Cl4O. The minimum absolute atomic E-state index is 0.0947. The Hall–Kier alpha value is 1.12. The van der Waals surface area contributed by atoms with Gasteiger partial charge in [0.2, 0.25) is 0 Å². The zero-order valence-corrected chi connectivity index (χ0v) is 10.3. The number of aliphatic hydroxyl groups is 1. The summed E-state index contributed by atoms with van der Waals surface area (Å²) >= 11 is 23.0. The van der Waals surface area contributed by atoms with Crippen molar-refractivity contribution in [2.24, 2.45) is 5.92 Å². The Balaban J connectivity index is 3.92. The fraction of sp³-hybridized carbons (Fsp3) is 1.00. The predicted octanol–water partition coefficient (Wildman–Crippen LogP) is 3.07. The van der Waals surface area contributed by atoms with Crippen LogP contribution in [0.3, 0.4) is 0 Å². The van der Waals surface area contributed by atoms with Crippen molar-refractivity contribution in [3.8, 4) is 0 Å². The number of alkyl halides is 4. The summed E-state index contributed by atoms with van der Waals surface area (Å²) in [6.45, 7) is 0.108. The van der Waals surface area contributed by atoms with Crippen molar-refractivity contribution in [2.75, 3.05) is 18.4 Å². The summed E-state index contributed by atoms with van der Waals surface area (Å²) in [7, 11) is 0. The molecule has 0 heterocycles. The molecule has 5 heteroatoms. The molecule has 1 nitrogen and oxygen atoms in total. The molecule has 0 aromatic heterocycles. The highest BCUT2D eigenvalue weighted by Gasteiger charge is 2.21. The zero-order valence-electron chi connectivity index (χ0n) is 7.23. The van der Waals surface area contributed by atoms with Crippen LogP contribution in [-0.4, -0.2) is 34.2 Å². The lowest BCUT2D eigenvalue weighted by Crippen LogP contribution is -2.22. The standard InChI is InChI=1S/C8H14Cl4O/c9-4-7(11)3-6(1-2-13)8(12)5-10/h6-8,13H,1-5H2. The molecule has 0 rings (SSSR count). The van der Waals surface area contributed by atoms with Gasteiger partial charge in [-0.25, -0.2) is 0 Å². The fourth-order valence-electron chi connectivity index (χ4n) is 1.13. The topological polar surface area (TPSA) is 20.2 Å². The largest absolute Gasteiger partial charge is 0.396 e. The van der Waals surface area contributed by atoms with Crippen LogP contribution < -0.4 is 0 Å². The number of hydrogen-bond donors (Lipinski definition) is 1. The van der Waals surface area contributed by atoms with Gasteiger partial charge < -0.3 is 5.11 Å². The molecule has 0 saturated carbocycles. The summed E-state index contributed by atoms with van der Waals surface area (Å²) in [6.07, 6.45) is 1.33. The van der Waals surface area contributed by atoms with Crippen LogP contribution in [0.5, 0.6) is 0 Å². The molecule has 0 saturated heterocycles. The minimum atomic E-state index is -0.140. The third-order valence-electron chi connectivity index (χ3n) is 1.88. The zero-order chi connectivity index (χ0) is 10.3. The maximum absolute atomic E-state index is 8.79. The first-order valence-electron chi connectivity index (χ1n) is 4.16. The van der Waals surface area contributed by atoms with E-state index in [1.165, 1.54) is 0 Å². The molecule has 0 bridgehead atoms. The maximum atomic E-state index is 8.79. The fourth-order valence-corrected chi connectivity index (χ4v) is 1.97. The van der Waals surface area contributed by atoms with Crippen LogP contribution >= 0.6 is 46.4 Å². The maximum Gasteiger partial charge on any atom is 0.0501 e. The highest BCUT2D eigenvalue weighted by Crippen LogP contribution is 2.24. The smallest absolute Gasteiger partial charge is 0.0501 e. The van der Waals surface area contributed by atoms with Crippen molar-refractivity contribution in [3.63, 3.8) is 0 Å². The molecule has 0 radical (unpaired) electrons. The van der Waals surface area contributed by atoms with Crippen LogP contribution in [0.15, 0.2) is 0 Å². The second-order valence-electron chi connectivity index (χ2n) is 2.93. The Kier molecular flexibility index (Phi) is 9.16. The predicted molar refractivity (Wildman–Crippen MR) is 60.5 cm³/mol. The lowest BCUT2D eigenvalue weighted by atomic mass is 9.97. The van der Waals surface area contributed by atoms with E-state index in [1.807, 2.05) is 0 Å². The highest BCUT2D eigenvalue weighted by atomic mass is 35.5. The number of rotatable bonds is 7. The van der Waals surface area contributed by atoms with Crippen molar-refractivity contribution in [1.29, 1.82) is 0 Å². The first-order valence-corrected chi connectivity index (χ1v) is 6.10. The highest BCUT2D eigenvalue weighted by molar-refractivity contribution is 6.29. The number of aliphatic hydroxyl groups excluding tert-OH is 1. The quantitative estimate of drug-likeness (QED) is 0.703. The summed E-state index contributed by atoms with van der Waals surface area (Å²) < 4.78 is 0. The summed E-state index contributed by atoms with van der Waals surface area (Å²) in [5.74, 6) is 0.915. The number of hydrogen-bond acceptors (Lipinski definition) is 1. The molecule has 0 aliphatic carbocycles. The summed E-state index contributed by atoms with van der Waals surface area (Å²) in [6, 6.07) is 0. The van der Waals surface area contributed by atoms with Gasteiger partial charge in [-0.05, 0) is 18.8 Å². The minimum Gasteiger partial charge on any atom is -0.396 e. The van der Waals surface area contributed by atoms with E-state index in [4.69, 9.17) is 51.5 Å². The van der Waals surface area contributed by atoms with Crippen molar-refractivity contribution in [3.05, 3.63) is 0 Å². The number of halogens is 4.